The van der Waals surface area contributed by atoms with Crippen LogP contribution in [0.4, 0.5) is 0 Å². The molecule has 8 atom stereocenters. The molecule has 0 bridgehead atoms. The van der Waals surface area contributed by atoms with E-state index in [1.165, 1.54) is 27.9 Å². The van der Waals surface area contributed by atoms with Gasteiger partial charge in [0.15, 0.2) is 0 Å². The highest BCUT2D eigenvalue weighted by atomic mass is 16.4. The topological polar surface area (TPSA) is 310 Å². The molecule has 0 spiro atoms. The van der Waals surface area contributed by atoms with Gasteiger partial charge < -0.3 is 53.0 Å². The van der Waals surface area contributed by atoms with E-state index in [2.05, 4.69) is 26.6 Å². The molecule has 0 unspecified atom stereocenters. The van der Waals surface area contributed by atoms with E-state index >= 15 is 0 Å². The summed E-state index contributed by atoms with van der Waals surface area (Å²) in [6.45, 7) is 6.11. The Bertz CT molecular complexity index is 1690. The summed E-state index contributed by atoms with van der Waals surface area (Å²) in [6.07, 6.45) is -2.13. The van der Waals surface area contributed by atoms with Gasteiger partial charge in [-0.2, -0.15) is 0 Å². The molecule has 0 aliphatic carbocycles. The van der Waals surface area contributed by atoms with Gasteiger partial charge in [-0.1, -0.05) is 50.6 Å². The van der Waals surface area contributed by atoms with Gasteiger partial charge in [-0.05, 0) is 44.6 Å². The molecule has 1 aliphatic rings. The quantitative estimate of drug-likeness (QED) is 0.106. The van der Waals surface area contributed by atoms with Crippen LogP contribution >= 0.6 is 0 Å². The van der Waals surface area contributed by atoms with E-state index in [9.17, 15) is 53.1 Å². The Labute approximate surface area is 336 Å². The monoisotopic (exact) mass is 815 g/mol. The number of nitrogens with zero attached hydrogens (tertiary/aromatic N) is 2. The second-order valence-electron chi connectivity index (χ2n) is 14.5. The largest absolute Gasteiger partial charge is 0.481 e. The molecular weight excluding hydrogens is 758 g/mol. The second-order valence-corrected chi connectivity index (χ2v) is 14.5. The summed E-state index contributed by atoms with van der Waals surface area (Å²) < 4.78 is 0. The van der Waals surface area contributed by atoms with Crippen LogP contribution in [0.5, 0.6) is 0 Å². The highest BCUT2D eigenvalue weighted by Crippen LogP contribution is 2.17. The van der Waals surface area contributed by atoms with Crippen molar-refractivity contribution in [1.29, 1.82) is 0 Å². The standard InChI is InChI=1S/C38H57N9O11/c1-7-20(2)31-36(56)43-24(13-16-28(39)48)34(54)41-21(3)32(52)42-25(14-17-29(40)49)35(55)44-26(15-18-30(50)51)37(57)47(6)27(19-23-11-9-8-10-12-23)38(58)46(5)22(4)33(53)45-31/h8-12,20-22,24-27,31H,7,13-19H2,1-6H3,(H2,39,48)(H2,40,49)(H,41,54)(H,42,52)(H,43,56)(H,44,55)(H,45,53)(H,50,51)/t20-,21+,22-,24-,25-,26-,27-,31-/m0/s1. The Balaban J connectivity index is 2.77. The highest BCUT2D eigenvalue weighted by molar-refractivity contribution is 5.98. The third kappa shape index (κ3) is 14.5. The van der Waals surface area contributed by atoms with Gasteiger partial charge in [0.1, 0.15) is 42.3 Å². The molecule has 58 heavy (non-hydrogen) atoms. The first kappa shape index (κ1) is 48.1. The van der Waals surface area contributed by atoms with Crippen LogP contribution in [0, 0.1) is 5.92 Å². The molecule has 0 saturated carbocycles. The molecule has 9 amide bonds. The maximum atomic E-state index is 14.3. The fraction of sp³-hybridized carbons (Fsp3) is 0.579. The molecule has 20 heteroatoms. The van der Waals surface area contributed by atoms with Crippen LogP contribution in [0.2, 0.25) is 0 Å². The lowest BCUT2D eigenvalue weighted by Gasteiger charge is -2.35. The molecule has 320 valence electrons. The van der Waals surface area contributed by atoms with Crippen LogP contribution in [0.3, 0.4) is 0 Å². The summed E-state index contributed by atoms with van der Waals surface area (Å²) in [5.41, 5.74) is 11.3. The number of benzene rings is 1. The summed E-state index contributed by atoms with van der Waals surface area (Å²) in [5, 5.41) is 22.0. The fourth-order valence-corrected chi connectivity index (χ4v) is 6.05. The van der Waals surface area contributed by atoms with E-state index in [0.29, 0.717) is 12.0 Å². The molecule has 1 saturated heterocycles. The zero-order valence-corrected chi connectivity index (χ0v) is 33.7. The number of primary amides is 2. The van der Waals surface area contributed by atoms with Gasteiger partial charge >= 0.3 is 5.97 Å². The van der Waals surface area contributed by atoms with Crippen molar-refractivity contribution in [3.63, 3.8) is 0 Å². The number of aliphatic carboxylic acids is 1. The Morgan fingerprint density at radius 2 is 1.17 bits per heavy atom. The van der Waals surface area contributed by atoms with E-state index < -0.39 is 127 Å². The van der Waals surface area contributed by atoms with Crippen LogP contribution in [-0.2, 0) is 54.4 Å². The zero-order chi connectivity index (χ0) is 43.9. The first-order valence-corrected chi connectivity index (χ1v) is 19.1. The fourth-order valence-electron chi connectivity index (χ4n) is 6.05. The predicted octanol–water partition coefficient (Wildman–Crippen LogP) is -2.20. The van der Waals surface area contributed by atoms with Crippen molar-refractivity contribution in [1.82, 2.24) is 36.4 Å². The Morgan fingerprint density at radius 3 is 1.69 bits per heavy atom. The van der Waals surface area contributed by atoms with Gasteiger partial charge in [-0.15, -0.1) is 0 Å². The maximum absolute atomic E-state index is 14.3. The minimum Gasteiger partial charge on any atom is -0.481 e. The van der Waals surface area contributed by atoms with Crippen LogP contribution in [0.25, 0.3) is 0 Å². The number of hydrogen-bond acceptors (Lipinski definition) is 10. The molecular formula is C38H57N9O11. The van der Waals surface area contributed by atoms with Crippen molar-refractivity contribution in [2.24, 2.45) is 17.4 Å². The molecule has 1 fully saturated rings. The van der Waals surface area contributed by atoms with Gasteiger partial charge in [0, 0.05) is 39.8 Å². The minimum atomic E-state index is -1.57. The van der Waals surface area contributed by atoms with Crippen molar-refractivity contribution in [2.45, 2.75) is 121 Å². The van der Waals surface area contributed by atoms with Crippen molar-refractivity contribution >= 4 is 59.1 Å². The molecule has 2 rings (SSSR count). The number of carboxylic acid groups (broad SMARTS) is 1. The number of nitrogens with two attached hydrogens (primary N) is 2. The molecule has 1 aromatic rings. The van der Waals surface area contributed by atoms with Crippen LogP contribution < -0.4 is 38.1 Å². The average molecular weight is 816 g/mol. The van der Waals surface area contributed by atoms with E-state index in [0.717, 1.165) is 9.80 Å². The molecule has 1 aromatic carbocycles. The molecule has 10 N–H and O–H groups in total. The Hall–Kier alpha value is -6.08. The number of likely N-dealkylation sites (N-methyl/N-ethyl adjacent to an activating group) is 2. The van der Waals surface area contributed by atoms with Gasteiger partial charge in [0.05, 0.1) is 0 Å². The maximum Gasteiger partial charge on any atom is 0.303 e. The summed E-state index contributed by atoms with van der Waals surface area (Å²) in [5.74, 6) is -9.46. The highest BCUT2D eigenvalue weighted by Gasteiger charge is 2.39. The summed E-state index contributed by atoms with van der Waals surface area (Å²) >= 11 is 0. The van der Waals surface area contributed by atoms with Crippen LogP contribution in [0.1, 0.15) is 78.2 Å². The van der Waals surface area contributed by atoms with Crippen LogP contribution in [0.15, 0.2) is 30.3 Å². The van der Waals surface area contributed by atoms with Gasteiger partial charge in [-0.3, -0.25) is 47.9 Å². The van der Waals surface area contributed by atoms with Gasteiger partial charge in [0.2, 0.25) is 53.2 Å². The van der Waals surface area contributed by atoms with Gasteiger partial charge in [-0.25, -0.2) is 0 Å². The van der Waals surface area contributed by atoms with E-state index in [1.807, 2.05) is 0 Å². The number of carbonyl (C=O) groups is 10. The Morgan fingerprint density at radius 1 is 0.672 bits per heavy atom. The number of carbonyl (C=O) groups excluding carboxylic acids is 9. The third-order valence-electron chi connectivity index (χ3n) is 10.1. The molecule has 0 radical (unpaired) electrons. The van der Waals surface area contributed by atoms with Crippen molar-refractivity contribution in [3.05, 3.63) is 35.9 Å². The van der Waals surface area contributed by atoms with E-state index in [-0.39, 0.29) is 25.7 Å². The number of carboxylic acids is 1. The SMILES string of the molecule is CC[C@H](C)[C@@H]1NC(=O)[C@H](C)N(C)C(=O)[C@H](Cc2ccccc2)N(C)C(=O)[C@H](CCC(=O)O)NC(=O)[C@H](CCC(N)=O)NC(=O)[C@@H](C)NC(=O)[C@H](CCC(N)=O)NC1=O. The summed E-state index contributed by atoms with van der Waals surface area (Å²) in [7, 11) is 2.62. The number of amides is 9. The second kappa shape index (κ2) is 22.6. The lowest BCUT2D eigenvalue weighted by molar-refractivity contribution is -0.149. The third-order valence-corrected chi connectivity index (χ3v) is 10.1. The summed E-state index contributed by atoms with van der Waals surface area (Å²) in [6, 6.07) is -1.11. The molecule has 1 aliphatic heterocycles. The Kier molecular flexibility index (Phi) is 18.7. The minimum absolute atomic E-state index is 0.0685. The lowest BCUT2D eigenvalue weighted by atomic mass is 9.97. The zero-order valence-electron chi connectivity index (χ0n) is 33.7. The predicted molar refractivity (Wildman–Crippen MR) is 207 cm³/mol. The van der Waals surface area contributed by atoms with Crippen molar-refractivity contribution < 1.29 is 53.1 Å². The first-order valence-electron chi connectivity index (χ1n) is 19.1. The number of rotatable bonds is 13. The van der Waals surface area contributed by atoms with E-state index in [1.54, 1.807) is 44.2 Å². The van der Waals surface area contributed by atoms with Gasteiger partial charge in [0.25, 0.3) is 0 Å². The van der Waals surface area contributed by atoms with Crippen molar-refractivity contribution in [3.8, 4) is 0 Å². The molecule has 1 heterocycles. The van der Waals surface area contributed by atoms with E-state index in [4.69, 9.17) is 11.5 Å². The molecule has 0 aromatic heterocycles. The van der Waals surface area contributed by atoms with Crippen LogP contribution in [-0.4, -0.2) is 130 Å². The number of nitrogens with one attached hydrogen (secondary N) is 5. The normalized spacial score (nSPS) is 25.3. The summed E-state index contributed by atoms with van der Waals surface area (Å²) in [4.78, 5) is 134. The average Bonchev–Trinajstić information content (AvgIpc) is 3.18. The smallest absolute Gasteiger partial charge is 0.303 e. The number of hydrogen-bond donors (Lipinski definition) is 8. The molecule has 20 nitrogen and oxygen atoms in total. The first-order chi connectivity index (χ1) is 27.2. The van der Waals surface area contributed by atoms with Crippen molar-refractivity contribution in [2.75, 3.05) is 14.1 Å². The lowest BCUT2D eigenvalue weighted by Crippen LogP contribution is -2.60.